The first kappa shape index (κ1) is 16.2. The molecule has 0 aliphatic heterocycles. The quantitative estimate of drug-likeness (QED) is 0.824. The molecule has 3 nitrogen and oxygen atoms in total. The number of hydrogen-bond acceptors (Lipinski definition) is 2. The van der Waals surface area contributed by atoms with Crippen molar-refractivity contribution < 1.29 is 9.90 Å². The van der Waals surface area contributed by atoms with Crippen molar-refractivity contribution in [3.8, 4) is 0 Å². The van der Waals surface area contributed by atoms with Gasteiger partial charge in [0.1, 0.15) is 5.54 Å². The van der Waals surface area contributed by atoms with Crippen LogP contribution in [0.4, 0.5) is 5.69 Å². The van der Waals surface area contributed by atoms with Crippen LogP contribution in [0.1, 0.15) is 41.5 Å². The van der Waals surface area contributed by atoms with E-state index in [1.807, 2.05) is 36.4 Å². The summed E-state index contributed by atoms with van der Waals surface area (Å²) in [6, 6.07) is 14.3. The zero-order valence-corrected chi connectivity index (χ0v) is 14.7. The molecule has 2 aliphatic rings. The summed E-state index contributed by atoms with van der Waals surface area (Å²) in [6.45, 7) is 2.13. The zero-order valence-electron chi connectivity index (χ0n) is 14.7. The molecule has 2 aromatic rings. The summed E-state index contributed by atoms with van der Waals surface area (Å²) in [5.41, 5.74) is 4.88. The first-order chi connectivity index (χ1) is 12.1. The molecule has 0 radical (unpaired) electrons. The zero-order chi connectivity index (χ0) is 17.4. The number of nitrogens with one attached hydrogen (secondary N) is 1. The second-order valence-electron chi connectivity index (χ2n) is 7.72. The number of carbonyl (C=O) groups is 1. The molecule has 4 rings (SSSR count). The van der Waals surface area contributed by atoms with E-state index in [0.29, 0.717) is 12.8 Å². The van der Waals surface area contributed by atoms with E-state index in [0.717, 1.165) is 29.2 Å². The van der Waals surface area contributed by atoms with Crippen LogP contribution in [0.2, 0.25) is 0 Å². The number of aliphatic carboxylic acids is 1. The molecule has 0 bridgehead atoms. The summed E-state index contributed by atoms with van der Waals surface area (Å²) >= 11 is 0. The Morgan fingerprint density at radius 3 is 2.40 bits per heavy atom. The first-order valence-corrected chi connectivity index (χ1v) is 9.24. The number of carboxylic acid groups (broad SMARTS) is 1. The number of hydrogen-bond donors (Lipinski definition) is 2. The monoisotopic (exact) mass is 335 g/mol. The topological polar surface area (TPSA) is 49.3 Å². The normalized spacial score (nSPS) is 18.0. The van der Waals surface area contributed by atoms with Gasteiger partial charge in [0.05, 0.1) is 0 Å². The summed E-state index contributed by atoms with van der Waals surface area (Å²) in [4.78, 5) is 12.2. The highest BCUT2D eigenvalue weighted by Gasteiger charge is 2.44. The molecule has 0 amide bonds. The predicted octanol–water partition coefficient (Wildman–Crippen LogP) is 4.37. The number of fused-ring (bicyclic) bond motifs is 1. The smallest absolute Gasteiger partial charge is 0.330 e. The number of rotatable bonds is 6. The van der Waals surface area contributed by atoms with E-state index in [1.54, 1.807) is 0 Å². The Kier molecular flexibility index (Phi) is 4.03. The molecule has 0 atom stereocenters. The lowest BCUT2D eigenvalue weighted by atomic mass is 9.93. The Hall–Kier alpha value is -2.29. The molecule has 0 aromatic heterocycles. The lowest BCUT2D eigenvalue weighted by molar-refractivity contribution is -0.142. The average molecular weight is 335 g/mol. The molecule has 130 valence electrons. The Morgan fingerprint density at radius 1 is 1.12 bits per heavy atom. The number of carboxylic acids is 1. The standard InChI is InChI=1S/C22H25NO2/c1-15-5-4-8-20(19(15)12-11-16-9-10-16)23-22(21(24)25)13-17-6-2-3-7-18(17)14-22/h2-8,16,23H,9-14H2,1H3,(H,24,25). The summed E-state index contributed by atoms with van der Waals surface area (Å²) in [5.74, 6) is 0.106. The van der Waals surface area contributed by atoms with Gasteiger partial charge in [0.15, 0.2) is 0 Å². The Morgan fingerprint density at radius 2 is 1.80 bits per heavy atom. The van der Waals surface area contributed by atoms with Crippen LogP contribution in [0.3, 0.4) is 0 Å². The third kappa shape index (κ3) is 3.15. The van der Waals surface area contributed by atoms with Crippen LogP contribution >= 0.6 is 0 Å². The van der Waals surface area contributed by atoms with Gasteiger partial charge in [-0.1, -0.05) is 49.2 Å². The Bertz CT molecular complexity index is 782. The van der Waals surface area contributed by atoms with E-state index >= 15 is 0 Å². The van der Waals surface area contributed by atoms with Gasteiger partial charge in [-0.3, -0.25) is 0 Å². The van der Waals surface area contributed by atoms with Gasteiger partial charge in [-0.25, -0.2) is 4.79 Å². The lowest BCUT2D eigenvalue weighted by Gasteiger charge is -2.29. The Labute approximate surface area is 149 Å². The second-order valence-corrected chi connectivity index (χ2v) is 7.72. The van der Waals surface area contributed by atoms with Gasteiger partial charge in [-0.15, -0.1) is 0 Å². The molecular weight excluding hydrogens is 310 g/mol. The van der Waals surface area contributed by atoms with E-state index in [4.69, 9.17) is 0 Å². The van der Waals surface area contributed by atoms with E-state index < -0.39 is 11.5 Å². The van der Waals surface area contributed by atoms with Crippen molar-refractivity contribution in [3.05, 3.63) is 64.7 Å². The van der Waals surface area contributed by atoms with Crippen LogP contribution < -0.4 is 5.32 Å². The van der Waals surface area contributed by atoms with Gasteiger partial charge in [0, 0.05) is 18.5 Å². The fourth-order valence-corrected chi connectivity index (χ4v) is 4.07. The maximum Gasteiger partial charge on any atom is 0.330 e. The minimum absolute atomic E-state index is 0.536. The fraction of sp³-hybridized carbons (Fsp3) is 0.409. The number of anilines is 1. The van der Waals surface area contributed by atoms with Crippen molar-refractivity contribution in [2.45, 2.75) is 51.0 Å². The molecular formula is C22H25NO2. The van der Waals surface area contributed by atoms with Crippen molar-refractivity contribution in [2.75, 3.05) is 5.32 Å². The predicted molar refractivity (Wildman–Crippen MR) is 100 cm³/mol. The molecule has 2 aliphatic carbocycles. The SMILES string of the molecule is Cc1cccc(NC2(C(=O)O)Cc3ccccc3C2)c1CCC1CC1. The molecule has 0 heterocycles. The summed E-state index contributed by atoms with van der Waals surface area (Å²) < 4.78 is 0. The van der Waals surface area contributed by atoms with E-state index in [2.05, 4.69) is 18.3 Å². The van der Waals surface area contributed by atoms with Crippen LogP contribution in [0.25, 0.3) is 0 Å². The van der Waals surface area contributed by atoms with Crippen LogP contribution in [0.5, 0.6) is 0 Å². The highest BCUT2D eigenvalue weighted by molar-refractivity contribution is 5.85. The van der Waals surface area contributed by atoms with Crippen molar-refractivity contribution in [1.82, 2.24) is 0 Å². The second kappa shape index (κ2) is 6.21. The average Bonchev–Trinajstić information content (AvgIpc) is 3.33. The minimum atomic E-state index is -0.939. The van der Waals surface area contributed by atoms with Crippen LogP contribution in [-0.4, -0.2) is 16.6 Å². The third-order valence-electron chi connectivity index (χ3n) is 5.80. The maximum atomic E-state index is 12.2. The minimum Gasteiger partial charge on any atom is -0.479 e. The number of aryl methyl sites for hydroxylation is 1. The number of benzene rings is 2. The highest BCUT2D eigenvalue weighted by atomic mass is 16.4. The molecule has 1 saturated carbocycles. The van der Waals surface area contributed by atoms with E-state index in [-0.39, 0.29) is 0 Å². The van der Waals surface area contributed by atoms with Crippen molar-refractivity contribution >= 4 is 11.7 Å². The van der Waals surface area contributed by atoms with E-state index in [9.17, 15) is 9.90 Å². The third-order valence-corrected chi connectivity index (χ3v) is 5.80. The molecule has 3 heteroatoms. The first-order valence-electron chi connectivity index (χ1n) is 9.24. The van der Waals surface area contributed by atoms with E-state index in [1.165, 1.54) is 30.4 Å². The van der Waals surface area contributed by atoms with Gasteiger partial charge in [-0.2, -0.15) is 0 Å². The van der Waals surface area contributed by atoms with Gasteiger partial charge in [0.2, 0.25) is 0 Å². The summed E-state index contributed by atoms with van der Waals surface area (Å²) in [6.07, 6.45) is 6.01. The van der Waals surface area contributed by atoms with Gasteiger partial charge in [0.25, 0.3) is 0 Å². The van der Waals surface area contributed by atoms with Crippen molar-refractivity contribution in [3.63, 3.8) is 0 Å². The van der Waals surface area contributed by atoms with Crippen LogP contribution in [0.15, 0.2) is 42.5 Å². The van der Waals surface area contributed by atoms with Crippen LogP contribution in [0, 0.1) is 12.8 Å². The maximum absolute atomic E-state index is 12.2. The van der Waals surface area contributed by atoms with Crippen molar-refractivity contribution in [2.24, 2.45) is 5.92 Å². The molecule has 25 heavy (non-hydrogen) atoms. The fourth-order valence-electron chi connectivity index (χ4n) is 4.07. The molecule has 2 aromatic carbocycles. The molecule has 0 saturated heterocycles. The van der Waals surface area contributed by atoms with Gasteiger partial charge < -0.3 is 10.4 Å². The Balaban J connectivity index is 1.63. The molecule has 0 unspecified atom stereocenters. The van der Waals surface area contributed by atoms with Gasteiger partial charge in [-0.05, 0) is 54.0 Å². The van der Waals surface area contributed by atoms with Crippen LogP contribution in [-0.2, 0) is 24.1 Å². The summed E-state index contributed by atoms with van der Waals surface area (Å²) in [7, 11) is 0. The largest absolute Gasteiger partial charge is 0.479 e. The molecule has 0 spiro atoms. The highest BCUT2D eigenvalue weighted by Crippen LogP contribution is 2.37. The molecule has 1 fully saturated rings. The van der Waals surface area contributed by atoms with Gasteiger partial charge >= 0.3 is 5.97 Å². The lowest BCUT2D eigenvalue weighted by Crippen LogP contribution is -2.47. The molecule has 2 N–H and O–H groups in total. The van der Waals surface area contributed by atoms with Crippen molar-refractivity contribution in [1.29, 1.82) is 0 Å². The summed E-state index contributed by atoms with van der Waals surface area (Å²) in [5, 5.41) is 13.5.